The quantitative estimate of drug-likeness (QED) is 0.567. The summed E-state index contributed by atoms with van der Waals surface area (Å²) in [6, 6.07) is 0. The van der Waals surface area contributed by atoms with Crippen molar-refractivity contribution in [2.24, 2.45) is 5.41 Å². The van der Waals surface area contributed by atoms with E-state index in [-0.39, 0.29) is 11.3 Å². The van der Waals surface area contributed by atoms with Gasteiger partial charge in [-0.2, -0.15) is 0 Å². The van der Waals surface area contributed by atoms with Crippen molar-refractivity contribution in [3.63, 3.8) is 0 Å². The maximum Gasteiger partial charge on any atom is 0.333 e. The van der Waals surface area contributed by atoms with Crippen molar-refractivity contribution in [2.75, 3.05) is 13.7 Å². The summed E-state index contributed by atoms with van der Waals surface area (Å²) in [5, 5.41) is 2.71. The third-order valence-corrected chi connectivity index (χ3v) is 1.65. The van der Waals surface area contributed by atoms with Crippen LogP contribution in [0.3, 0.4) is 0 Å². The Morgan fingerprint density at radius 3 is 2.27 bits per heavy atom. The second-order valence-electron chi connectivity index (χ2n) is 4.60. The fourth-order valence-electron chi connectivity index (χ4n) is 0.820. The van der Waals surface area contributed by atoms with Crippen LogP contribution in [0.1, 0.15) is 27.7 Å². The highest BCUT2D eigenvalue weighted by Crippen LogP contribution is 2.10. The summed E-state index contributed by atoms with van der Waals surface area (Å²) in [6.45, 7) is 8.16. The summed E-state index contributed by atoms with van der Waals surface area (Å²) in [5.74, 6) is -0.756. The van der Waals surface area contributed by atoms with Crippen molar-refractivity contribution in [1.82, 2.24) is 5.32 Å². The molecule has 0 aliphatic heterocycles. The number of nitrogens with one attached hydrogen (secondary N) is 1. The number of amides is 1. The van der Waals surface area contributed by atoms with Gasteiger partial charge in [-0.05, 0) is 12.3 Å². The van der Waals surface area contributed by atoms with Crippen LogP contribution in [-0.2, 0) is 14.3 Å². The van der Waals surface area contributed by atoms with E-state index in [0.717, 1.165) is 0 Å². The second kappa shape index (κ2) is 5.53. The first-order valence-corrected chi connectivity index (χ1v) is 4.81. The number of hydrogen-bond donors (Lipinski definition) is 1. The predicted molar refractivity (Wildman–Crippen MR) is 58.2 cm³/mol. The highest BCUT2D eigenvalue weighted by molar-refractivity contribution is 5.97. The Morgan fingerprint density at radius 1 is 1.33 bits per heavy atom. The molecule has 1 N–H and O–H groups in total. The van der Waals surface area contributed by atoms with Gasteiger partial charge in [-0.15, -0.1) is 0 Å². The Morgan fingerprint density at radius 2 is 1.87 bits per heavy atom. The lowest BCUT2D eigenvalue weighted by Gasteiger charge is -2.17. The molecular weight excluding hydrogens is 194 g/mol. The Bertz CT molecular complexity index is 274. The zero-order chi connectivity index (χ0) is 12.1. The smallest absolute Gasteiger partial charge is 0.333 e. The third-order valence-electron chi connectivity index (χ3n) is 1.65. The maximum atomic E-state index is 11.3. The standard InChI is InChI=1S/C11H19NO3/c1-8(10(14)15-5)6-9(13)12-7-11(2,3)4/h6H,7H2,1-5H3,(H,12,13)/b8-6+. The van der Waals surface area contributed by atoms with E-state index in [2.05, 4.69) is 10.1 Å². The molecule has 0 aliphatic rings. The van der Waals surface area contributed by atoms with E-state index in [9.17, 15) is 9.59 Å². The minimum Gasteiger partial charge on any atom is -0.466 e. The average Bonchev–Trinajstić information content (AvgIpc) is 2.12. The van der Waals surface area contributed by atoms with Gasteiger partial charge in [0.15, 0.2) is 0 Å². The van der Waals surface area contributed by atoms with E-state index >= 15 is 0 Å². The van der Waals surface area contributed by atoms with Gasteiger partial charge >= 0.3 is 5.97 Å². The Balaban J connectivity index is 4.20. The van der Waals surface area contributed by atoms with E-state index in [0.29, 0.717) is 12.1 Å². The van der Waals surface area contributed by atoms with Crippen molar-refractivity contribution >= 4 is 11.9 Å². The van der Waals surface area contributed by atoms with E-state index < -0.39 is 5.97 Å². The maximum absolute atomic E-state index is 11.3. The Kier molecular flexibility index (Phi) is 5.05. The zero-order valence-electron chi connectivity index (χ0n) is 10.0. The van der Waals surface area contributed by atoms with Crippen molar-refractivity contribution < 1.29 is 14.3 Å². The number of methoxy groups -OCH3 is 1. The van der Waals surface area contributed by atoms with Crippen LogP contribution in [0.2, 0.25) is 0 Å². The number of carbonyl (C=O) groups excluding carboxylic acids is 2. The molecule has 0 heterocycles. The van der Waals surface area contributed by atoms with Gasteiger partial charge in [-0.1, -0.05) is 20.8 Å². The zero-order valence-corrected chi connectivity index (χ0v) is 10.0. The molecule has 1 amide bonds. The topological polar surface area (TPSA) is 55.4 Å². The van der Waals surface area contributed by atoms with Crippen LogP contribution < -0.4 is 5.32 Å². The van der Waals surface area contributed by atoms with Crippen LogP contribution >= 0.6 is 0 Å². The molecule has 0 aliphatic carbocycles. The molecule has 4 nitrogen and oxygen atoms in total. The van der Waals surface area contributed by atoms with E-state index in [1.807, 2.05) is 20.8 Å². The first-order chi connectivity index (χ1) is 6.76. The Labute approximate surface area is 90.7 Å². The number of esters is 1. The molecule has 0 spiro atoms. The largest absolute Gasteiger partial charge is 0.466 e. The lowest BCUT2D eigenvalue weighted by atomic mass is 9.97. The number of hydrogen-bond acceptors (Lipinski definition) is 3. The number of ether oxygens (including phenoxy) is 1. The molecule has 0 atom stereocenters. The predicted octanol–water partition coefficient (Wildman–Crippen LogP) is 1.27. The van der Waals surface area contributed by atoms with E-state index in [1.54, 1.807) is 6.92 Å². The first-order valence-electron chi connectivity index (χ1n) is 4.81. The monoisotopic (exact) mass is 213 g/mol. The summed E-state index contributed by atoms with van der Waals surface area (Å²) in [5.41, 5.74) is 0.326. The van der Waals surface area contributed by atoms with E-state index in [1.165, 1.54) is 13.2 Å². The minimum absolute atomic E-state index is 0.0304. The highest BCUT2D eigenvalue weighted by atomic mass is 16.5. The molecule has 0 saturated carbocycles. The summed E-state index contributed by atoms with van der Waals surface area (Å²) < 4.78 is 4.47. The third kappa shape index (κ3) is 6.71. The van der Waals surface area contributed by atoms with Crippen molar-refractivity contribution in [3.8, 4) is 0 Å². The van der Waals surface area contributed by atoms with Gasteiger partial charge in [-0.25, -0.2) is 4.79 Å². The lowest BCUT2D eigenvalue weighted by molar-refractivity contribution is -0.136. The van der Waals surface area contributed by atoms with Gasteiger partial charge in [0.05, 0.1) is 7.11 Å². The lowest BCUT2D eigenvalue weighted by Crippen LogP contribution is -2.31. The molecule has 15 heavy (non-hydrogen) atoms. The SMILES string of the molecule is COC(=O)/C(C)=C/C(=O)NCC(C)(C)C. The van der Waals surface area contributed by atoms with Crippen LogP contribution in [-0.4, -0.2) is 25.5 Å². The number of carbonyl (C=O) groups is 2. The van der Waals surface area contributed by atoms with Gasteiger partial charge < -0.3 is 10.1 Å². The van der Waals surface area contributed by atoms with Crippen molar-refractivity contribution in [2.45, 2.75) is 27.7 Å². The van der Waals surface area contributed by atoms with Crippen LogP contribution in [0, 0.1) is 5.41 Å². The molecule has 0 bridgehead atoms. The average molecular weight is 213 g/mol. The molecule has 0 saturated heterocycles. The molecule has 0 fully saturated rings. The van der Waals surface area contributed by atoms with Gasteiger partial charge in [0.2, 0.25) is 5.91 Å². The fraction of sp³-hybridized carbons (Fsp3) is 0.636. The van der Waals surface area contributed by atoms with Crippen LogP contribution in [0.5, 0.6) is 0 Å². The molecule has 0 aromatic carbocycles. The van der Waals surface area contributed by atoms with Crippen molar-refractivity contribution in [1.29, 1.82) is 0 Å². The van der Waals surface area contributed by atoms with Gasteiger partial charge in [0, 0.05) is 18.2 Å². The molecule has 0 aromatic heterocycles. The van der Waals surface area contributed by atoms with Crippen LogP contribution in [0.4, 0.5) is 0 Å². The Hall–Kier alpha value is -1.32. The van der Waals surface area contributed by atoms with Crippen molar-refractivity contribution in [3.05, 3.63) is 11.6 Å². The molecule has 4 heteroatoms. The summed E-state index contributed by atoms with van der Waals surface area (Å²) in [7, 11) is 1.28. The first kappa shape index (κ1) is 13.7. The van der Waals surface area contributed by atoms with E-state index in [4.69, 9.17) is 0 Å². The fourth-order valence-corrected chi connectivity index (χ4v) is 0.820. The molecule has 0 unspecified atom stereocenters. The molecule has 0 aromatic rings. The van der Waals surface area contributed by atoms with Gasteiger partial charge in [-0.3, -0.25) is 4.79 Å². The molecule has 0 radical (unpaired) electrons. The molecular formula is C11H19NO3. The number of rotatable bonds is 3. The van der Waals surface area contributed by atoms with Gasteiger partial charge in [0.1, 0.15) is 0 Å². The summed E-state index contributed by atoms with van der Waals surface area (Å²) in [4.78, 5) is 22.3. The molecule has 86 valence electrons. The summed E-state index contributed by atoms with van der Waals surface area (Å²) in [6.07, 6.45) is 1.25. The van der Waals surface area contributed by atoms with Crippen LogP contribution in [0.15, 0.2) is 11.6 Å². The second-order valence-corrected chi connectivity index (χ2v) is 4.60. The summed E-state index contributed by atoms with van der Waals surface area (Å²) >= 11 is 0. The van der Waals surface area contributed by atoms with Gasteiger partial charge in [0.25, 0.3) is 0 Å². The molecule has 0 rings (SSSR count). The van der Waals surface area contributed by atoms with Crippen LogP contribution in [0.25, 0.3) is 0 Å². The normalized spacial score (nSPS) is 12.2. The highest BCUT2D eigenvalue weighted by Gasteiger charge is 2.11. The minimum atomic E-state index is -0.485.